The van der Waals surface area contributed by atoms with Crippen LogP contribution in [0.1, 0.15) is 11.7 Å². The van der Waals surface area contributed by atoms with Crippen LogP contribution in [0.2, 0.25) is 0 Å². The quantitative estimate of drug-likeness (QED) is 0.162. The van der Waals surface area contributed by atoms with Gasteiger partial charge in [0, 0.05) is 27.1 Å². The lowest BCUT2D eigenvalue weighted by Gasteiger charge is -2.39. The number of hydrogen-bond donors (Lipinski definition) is 2. The van der Waals surface area contributed by atoms with Gasteiger partial charge in [-0.05, 0) is 66.7 Å². The standard InChI is InChI=1S/C32H23N5O2S/c38-37(39)26-12-4-1-9-23(26)32(36-27-13-5-7-15-29(27)40-30-16-8-6-14-28(30)36)33-22-19-17-21(18-20-22)31-34-24-10-2-3-11-25(24)35-31/h1-20,32-33H,(H,34,35). The molecule has 7 nitrogen and oxygen atoms in total. The van der Waals surface area contributed by atoms with E-state index in [0.717, 1.165) is 49.3 Å². The molecule has 2 N–H and O–H groups in total. The molecule has 2 heterocycles. The number of H-pyrrole nitrogens is 1. The van der Waals surface area contributed by atoms with Crippen molar-refractivity contribution in [2.24, 2.45) is 0 Å². The minimum Gasteiger partial charge on any atom is -0.361 e. The van der Waals surface area contributed by atoms with Crippen LogP contribution in [0.25, 0.3) is 22.4 Å². The summed E-state index contributed by atoms with van der Waals surface area (Å²) < 4.78 is 0. The van der Waals surface area contributed by atoms with Crippen molar-refractivity contribution >= 4 is 45.5 Å². The molecule has 7 rings (SSSR count). The molecule has 0 radical (unpaired) electrons. The van der Waals surface area contributed by atoms with Crippen LogP contribution < -0.4 is 10.2 Å². The van der Waals surface area contributed by atoms with Gasteiger partial charge in [-0.3, -0.25) is 10.1 Å². The molecule has 5 aromatic carbocycles. The summed E-state index contributed by atoms with van der Waals surface area (Å²) in [6, 6.07) is 39.2. The highest BCUT2D eigenvalue weighted by Gasteiger charge is 2.33. The summed E-state index contributed by atoms with van der Waals surface area (Å²) in [6.07, 6.45) is -0.554. The van der Waals surface area contributed by atoms with E-state index in [4.69, 9.17) is 4.98 Å². The monoisotopic (exact) mass is 541 g/mol. The van der Waals surface area contributed by atoms with Crippen LogP contribution >= 0.6 is 11.8 Å². The number of benzene rings is 5. The Labute approximate surface area is 234 Å². The van der Waals surface area contributed by atoms with Crippen LogP contribution in [-0.2, 0) is 0 Å². The molecule has 1 aromatic heterocycles. The summed E-state index contributed by atoms with van der Waals surface area (Å²) in [6.45, 7) is 0. The molecule has 0 aliphatic carbocycles. The van der Waals surface area contributed by atoms with Gasteiger partial charge in [-0.1, -0.05) is 60.3 Å². The van der Waals surface area contributed by atoms with Crippen LogP contribution in [0.3, 0.4) is 0 Å². The predicted octanol–water partition coefficient (Wildman–Crippen LogP) is 8.55. The van der Waals surface area contributed by atoms with Gasteiger partial charge >= 0.3 is 0 Å². The third-order valence-electron chi connectivity index (χ3n) is 7.01. The number of hydrogen-bond acceptors (Lipinski definition) is 6. The van der Waals surface area contributed by atoms with E-state index >= 15 is 0 Å². The van der Waals surface area contributed by atoms with Crippen molar-refractivity contribution in [2.75, 3.05) is 10.2 Å². The number of nitrogens with one attached hydrogen (secondary N) is 2. The summed E-state index contributed by atoms with van der Waals surface area (Å²) >= 11 is 1.70. The van der Waals surface area contributed by atoms with Crippen molar-refractivity contribution in [1.29, 1.82) is 0 Å². The van der Waals surface area contributed by atoms with Gasteiger partial charge in [0.25, 0.3) is 5.69 Å². The van der Waals surface area contributed by atoms with Gasteiger partial charge in [-0.25, -0.2) is 4.98 Å². The molecular weight excluding hydrogens is 518 g/mol. The molecule has 1 atom stereocenters. The fourth-order valence-electron chi connectivity index (χ4n) is 5.15. The molecule has 0 saturated carbocycles. The van der Waals surface area contributed by atoms with Crippen LogP contribution in [0.4, 0.5) is 22.7 Å². The highest BCUT2D eigenvalue weighted by atomic mass is 32.2. The fourth-order valence-corrected chi connectivity index (χ4v) is 6.22. The molecule has 8 heteroatoms. The number of nitro groups is 1. The van der Waals surface area contributed by atoms with E-state index in [9.17, 15) is 10.1 Å². The second kappa shape index (κ2) is 9.91. The lowest BCUT2D eigenvalue weighted by molar-refractivity contribution is -0.385. The molecule has 1 aliphatic heterocycles. The first-order valence-corrected chi connectivity index (χ1v) is 13.7. The van der Waals surface area contributed by atoms with Gasteiger partial charge in [0.1, 0.15) is 12.0 Å². The highest BCUT2D eigenvalue weighted by Crippen LogP contribution is 2.51. The van der Waals surface area contributed by atoms with Crippen LogP contribution in [0.15, 0.2) is 131 Å². The Hall–Kier alpha value is -5.08. The number of aromatic amines is 1. The third-order valence-corrected chi connectivity index (χ3v) is 8.14. The molecule has 1 unspecified atom stereocenters. The minimum atomic E-state index is -0.554. The van der Waals surface area contributed by atoms with E-state index in [1.54, 1.807) is 23.9 Å². The number of nitro benzene ring substituents is 1. The molecule has 1 aliphatic rings. The van der Waals surface area contributed by atoms with Gasteiger partial charge in [-0.2, -0.15) is 0 Å². The number of imidazole rings is 1. The Morgan fingerprint density at radius 3 is 2.10 bits per heavy atom. The molecular formula is C32H23N5O2S. The SMILES string of the molecule is O=[N+]([O-])c1ccccc1C(Nc1ccc(-c2nc3ccccc3[nH]2)cc1)N1c2ccccc2Sc2ccccc21. The summed E-state index contributed by atoms with van der Waals surface area (Å²) in [5.41, 5.74) is 6.29. The first-order valence-electron chi connectivity index (χ1n) is 12.9. The topological polar surface area (TPSA) is 87.1 Å². The molecule has 0 fully saturated rings. The maximum absolute atomic E-state index is 12.2. The van der Waals surface area contributed by atoms with Gasteiger partial charge in [-0.15, -0.1) is 0 Å². The molecule has 6 aromatic rings. The summed E-state index contributed by atoms with van der Waals surface area (Å²) in [7, 11) is 0. The van der Waals surface area contributed by atoms with Crippen molar-refractivity contribution in [3.63, 3.8) is 0 Å². The number of anilines is 3. The molecule has 40 heavy (non-hydrogen) atoms. The maximum Gasteiger partial charge on any atom is 0.276 e. The number of nitrogens with zero attached hydrogens (tertiary/aromatic N) is 3. The summed E-state index contributed by atoms with van der Waals surface area (Å²) in [5.74, 6) is 0.791. The lowest BCUT2D eigenvalue weighted by Crippen LogP contribution is -2.32. The molecule has 0 spiro atoms. The van der Waals surface area contributed by atoms with Gasteiger partial charge in [0.15, 0.2) is 0 Å². The Morgan fingerprint density at radius 1 is 0.775 bits per heavy atom. The average Bonchev–Trinajstić information content (AvgIpc) is 3.44. The first-order chi connectivity index (χ1) is 19.7. The van der Waals surface area contributed by atoms with Crippen LogP contribution in [-0.4, -0.2) is 14.9 Å². The van der Waals surface area contributed by atoms with Crippen molar-refractivity contribution in [3.05, 3.63) is 137 Å². The lowest BCUT2D eigenvalue weighted by atomic mass is 10.1. The first kappa shape index (κ1) is 24.0. The van der Waals surface area contributed by atoms with Crippen LogP contribution in [0.5, 0.6) is 0 Å². The Kier molecular flexibility index (Phi) is 5.94. The Balaban J connectivity index is 1.33. The van der Waals surface area contributed by atoms with Gasteiger partial charge in [0.05, 0.1) is 32.9 Å². The van der Waals surface area contributed by atoms with Gasteiger partial charge in [0.2, 0.25) is 0 Å². The number of aromatic nitrogens is 2. The Bertz CT molecular complexity index is 1790. The second-order valence-corrected chi connectivity index (χ2v) is 10.5. The zero-order valence-electron chi connectivity index (χ0n) is 21.2. The average molecular weight is 542 g/mol. The smallest absolute Gasteiger partial charge is 0.276 e. The largest absolute Gasteiger partial charge is 0.361 e. The molecule has 194 valence electrons. The predicted molar refractivity (Wildman–Crippen MR) is 160 cm³/mol. The van der Waals surface area contributed by atoms with Crippen molar-refractivity contribution in [2.45, 2.75) is 16.0 Å². The zero-order valence-corrected chi connectivity index (χ0v) is 22.0. The van der Waals surface area contributed by atoms with E-state index in [1.807, 2.05) is 84.9 Å². The highest BCUT2D eigenvalue weighted by molar-refractivity contribution is 7.99. The van der Waals surface area contributed by atoms with E-state index in [0.29, 0.717) is 5.56 Å². The van der Waals surface area contributed by atoms with Crippen molar-refractivity contribution in [1.82, 2.24) is 9.97 Å². The summed E-state index contributed by atoms with van der Waals surface area (Å²) in [4.78, 5) is 24.3. The van der Waals surface area contributed by atoms with E-state index in [-0.39, 0.29) is 10.6 Å². The number of fused-ring (bicyclic) bond motifs is 3. The number of rotatable bonds is 6. The minimum absolute atomic E-state index is 0.0621. The van der Waals surface area contributed by atoms with Crippen LogP contribution in [0, 0.1) is 10.1 Å². The normalized spacial score (nSPS) is 12.9. The fraction of sp³-hybridized carbons (Fsp3) is 0.0312. The molecule has 0 saturated heterocycles. The van der Waals surface area contributed by atoms with Crippen molar-refractivity contribution in [3.8, 4) is 11.4 Å². The molecule has 0 bridgehead atoms. The summed E-state index contributed by atoms with van der Waals surface area (Å²) in [5, 5.41) is 15.8. The van der Waals surface area contributed by atoms with E-state index in [2.05, 4.69) is 39.5 Å². The Morgan fingerprint density at radius 2 is 1.40 bits per heavy atom. The van der Waals surface area contributed by atoms with Crippen molar-refractivity contribution < 1.29 is 4.92 Å². The molecule has 0 amide bonds. The van der Waals surface area contributed by atoms with Gasteiger partial charge < -0.3 is 15.2 Å². The number of para-hydroxylation sites is 5. The second-order valence-electron chi connectivity index (χ2n) is 9.45. The van der Waals surface area contributed by atoms with E-state index in [1.165, 1.54) is 0 Å². The zero-order chi connectivity index (χ0) is 27.1. The maximum atomic E-state index is 12.2. The third kappa shape index (κ3) is 4.24. The van der Waals surface area contributed by atoms with E-state index < -0.39 is 6.17 Å².